The van der Waals surface area contributed by atoms with Crippen molar-refractivity contribution < 1.29 is 19.4 Å². The minimum atomic E-state index is -0.543. The topological polar surface area (TPSA) is 55.8 Å². The van der Waals surface area contributed by atoms with Gasteiger partial charge in [0.15, 0.2) is 6.10 Å². The maximum atomic E-state index is 11.8. The summed E-state index contributed by atoms with van der Waals surface area (Å²) in [6.45, 7) is 4.85. The van der Waals surface area contributed by atoms with Crippen LogP contribution in [-0.2, 0) is 27.1 Å². The first kappa shape index (κ1) is 16.7. The molecule has 0 radical (unpaired) electrons. The van der Waals surface area contributed by atoms with E-state index < -0.39 is 6.10 Å². The smallest absolute Gasteiger partial charge is 0.335 e. The summed E-state index contributed by atoms with van der Waals surface area (Å²) < 4.78 is 10.6. The van der Waals surface area contributed by atoms with Gasteiger partial charge in [-0.05, 0) is 30.9 Å². The van der Waals surface area contributed by atoms with Gasteiger partial charge in [0.2, 0.25) is 0 Å². The molecule has 0 bridgehead atoms. The summed E-state index contributed by atoms with van der Waals surface area (Å²) in [5.41, 5.74) is 2.11. The molecule has 0 aliphatic carbocycles. The SMILES string of the molecule is CCCOC(Cc1ccc(CCO)cc1)C(=O)OCC. The molecule has 112 valence electrons. The summed E-state index contributed by atoms with van der Waals surface area (Å²) in [5, 5.41) is 8.88. The molecular weight excluding hydrogens is 256 g/mol. The maximum Gasteiger partial charge on any atom is 0.335 e. The van der Waals surface area contributed by atoms with Crippen molar-refractivity contribution in [2.75, 3.05) is 19.8 Å². The van der Waals surface area contributed by atoms with E-state index in [-0.39, 0.29) is 12.6 Å². The van der Waals surface area contributed by atoms with Crippen molar-refractivity contribution in [1.82, 2.24) is 0 Å². The Morgan fingerprint density at radius 1 is 1.20 bits per heavy atom. The van der Waals surface area contributed by atoms with Gasteiger partial charge in [0, 0.05) is 19.6 Å². The lowest BCUT2D eigenvalue weighted by Gasteiger charge is -2.16. The van der Waals surface area contributed by atoms with Gasteiger partial charge >= 0.3 is 5.97 Å². The first-order chi connectivity index (χ1) is 9.71. The lowest BCUT2D eigenvalue weighted by atomic mass is 10.0. The van der Waals surface area contributed by atoms with Crippen LogP contribution in [-0.4, -0.2) is 37.0 Å². The largest absolute Gasteiger partial charge is 0.464 e. The average Bonchev–Trinajstić information content (AvgIpc) is 2.45. The zero-order chi connectivity index (χ0) is 14.8. The fourth-order valence-electron chi connectivity index (χ4n) is 1.89. The molecule has 1 atom stereocenters. The van der Waals surface area contributed by atoms with Gasteiger partial charge in [-0.15, -0.1) is 0 Å². The van der Waals surface area contributed by atoms with Crippen molar-refractivity contribution in [3.05, 3.63) is 35.4 Å². The minimum Gasteiger partial charge on any atom is -0.464 e. The number of rotatable bonds is 9. The Balaban J connectivity index is 2.65. The normalized spacial score (nSPS) is 12.2. The molecule has 0 aliphatic heterocycles. The number of carbonyl (C=O) groups excluding carboxylic acids is 1. The van der Waals surface area contributed by atoms with Crippen molar-refractivity contribution in [3.63, 3.8) is 0 Å². The fraction of sp³-hybridized carbons (Fsp3) is 0.562. The van der Waals surface area contributed by atoms with Crippen LogP contribution in [0.25, 0.3) is 0 Å². The molecule has 0 saturated heterocycles. The van der Waals surface area contributed by atoms with Crippen LogP contribution in [0.1, 0.15) is 31.4 Å². The lowest BCUT2D eigenvalue weighted by Crippen LogP contribution is -2.29. The molecule has 0 amide bonds. The molecule has 0 saturated carbocycles. The van der Waals surface area contributed by atoms with Crippen LogP contribution in [0.15, 0.2) is 24.3 Å². The van der Waals surface area contributed by atoms with Crippen LogP contribution in [0, 0.1) is 0 Å². The van der Waals surface area contributed by atoms with Gasteiger partial charge in [0.05, 0.1) is 6.61 Å². The Labute approximate surface area is 120 Å². The van der Waals surface area contributed by atoms with E-state index in [1.807, 2.05) is 31.2 Å². The van der Waals surface area contributed by atoms with Gasteiger partial charge in [-0.3, -0.25) is 0 Å². The zero-order valence-electron chi connectivity index (χ0n) is 12.3. The first-order valence-corrected chi connectivity index (χ1v) is 7.18. The summed E-state index contributed by atoms with van der Waals surface area (Å²) in [6, 6.07) is 7.86. The van der Waals surface area contributed by atoms with Crippen LogP contribution >= 0.6 is 0 Å². The predicted molar refractivity (Wildman–Crippen MR) is 77.6 cm³/mol. The number of aliphatic hydroxyl groups excluding tert-OH is 1. The molecule has 1 aromatic rings. The monoisotopic (exact) mass is 280 g/mol. The van der Waals surface area contributed by atoms with Crippen molar-refractivity contribution >= 4 is 5.97 Å². The molecule has 1 aromatic carbocycles. The third-order valence-electron chi connectivity index (χ3n) is 2.92. The molecule has 0 aliphatic rings. The molecule has 20 heavy (non-hydrogen) atoms. The van der Waals surface area contributed by atoms with Gasteiger partial charge in [-0.2, -0.15) is 0 Å². The Morgan fingerprint density at radius 2 is 1.85 bits per heavy atom. The summed E-state index contributed by atoms with van der Waals surface area (Å²) in [7, 11) is 0. The molecular formula is C16H24O4. The Hall–Kier alpha value is -1.39. The minimum absolute atomic E-state index is 0.143. The molecule has 0 heterocycles. The highest BCUT2D eigenvalue weighted by Crippen LogP contribution is 2.11. The van der Waals surface area contributed by atoms with Crippen LogP contribution in [0.2, 0.25) is 0 Å². The van der Waals surface area contributed by atoms with E-state index in [0.29, 0.717) is 26.1 Å². The number of esters is 1. The predicted octanol–water partition coefficient (Wildman–Crippen LogP) is 2.12. The summed E-state index contributed by atoms with van der Waals surface area (Å²) in [4.78, 5) is 11.8. The first-order valence-electron chi connectivity index (χ1n) is 7.18. The third kappa shape index (κ3) is 5.72. The Bertz CT molecular complexity index is 386. The van der Waals surface area contributed by atoms with E-state index in [0.717, 1.165) is 17.5 Å². The van der Waals surface area contributed by atoms with E-state index >= 15 is 0 Å². The number of benzene rings is 1. The second-order valence-electron chi connectivity index (χ2n) is 4.61. The van der Waals surface area contributed by atoms with Gasteiger partial charge in [-0.25, -0.2) is 4.79 Å². The van der Waals surface area contributed by atoms with E-state index in [2.05, 4.69) is 0 Å². The summed E-state index contributed by atoms with van der Waals surface area (Å²) >= 11 is 0. The molecule has 4 nitrogen and oxygen atoms in total. The van der Waals surface area contributed by atoms with Gasteiger partial charge in [-0.1, -0.05) is 31.2 Å². The molecule has 4 heteroatoms. The van der Waals surface area contributed by atoms with E-state index in [9.17, 15) is 4.79 Å². The molecule has 0 aromatic heterocycles. The summed E-state index contributed by atoms with van der Waals surface area (Å²) in [6.07, 6.45) is 1.48. The number of hydrogen-bond acceptors (Lipinski definition) is 4. The van der Waals surface area contributed by atoms with Gasteiger partial charge < -0.3 is 14.6 Å². The van der Waals surface area contributed by atoms with E-state index in [1.54, 1.807) is 6.92 Å². The molecule has 1 unspecified atom stereocenters. The van der Waals surface area contributed by atoms with Crippen LogP contribution < -0.4 is 0 Å². The standard InChI is InChI=1S/C16H24O4/c1-3-11-20-15(16(18)19-4-2)12-14-7-5-13(6-8-14)9-10-17/h5-8,15,17H,3-4,9-12H2,1-2H3. The number of carbonyl (C=O) groups is 1. The van der Waals surface area contributed by atoms with E-state index in [1.165, 1.54) is 0 Å². The highest BCUT2D eigenvalue weighted by molar-refractivity contribution is 5.75. The Morgan fingerprint density at radius 3 is 2.40 bits per heavy atom. The van der Waals surface area contributed by atoms with Crippen molar-refractivity contribution in [1.29, 1.82) is 0 Å². The second kappa shape index (κ2) is 9.50. The van der Waals surface area contributed by atoms with Crippen LogP contribution in [0.5, 0.6) is 0 Å². The average molecular weight is 280 g/mol. The lowest BCUT2D eigenvalue weighted by molar-refractivity contribution is -0.156. The van der Waals surface area contributed by atoms with Crippen LogP contribution in [0.4, 0.5) is 0 Å². The quantitative estimate of drug-likeness (QED) is 0.704. The van der Waals surface area contributed by atoms with Gasteiger partial charge in [0.25, 0.3) is 0 Å². The van der Waals surface area contributed by atoms with Gasteiger partial charge in [0.1, 0.15) is 0 Å². The molecule has 1 rings (SSSR count). The molecule has 1 N–H and O–H groups in total. The van der Waals surface area contributed by atoms with Crippen molar-refractivity contribution in [3.8, 4) is 0 Å². The molecule has 0 spiro atoms. The maximum absolute atomic E-state index is 11.8. The fourth-order valence-corrected chi connectivity index (χ4v) is 1.89. The number of aliphatic hydroxyl groups is 1. The highest BCUT2D eigenvalue weighted by atomic mass is 16.6. The second-order valence-corrected chi connectivity index (χ2v) is 4.61. The number of ether oxygens (including phenoxy) is 2. The highest BCUT2D eigenvalue weighted by Gasteiger charge is 2.20. The summed E-state index contributed by atoms with van der Waals surface area (Å²) in [5.74, 6) is -0.305. The van der Waals surface area contributed by atoms with Crippen molar-refractivity contribution in [2.24, 2.45) is 0 Å². The number of hydrogen-bond donors (Lipinski definition) is 1. The van der Waals surface area contributed by atoms with Crippen LogP contribution in [0.3, 0.4) is 0 Å². The third-order valence-corrected chi connectivity index (χ3v) is 2.92. The molecule has 0 fully saturated rings. The van der Waals surface area contributed by atoms with Crippen molar-refractivity contribution in [2.45, 2.75) is 39.2 Å². The zero-order valence-corrected chi connectivity index (χ0v) is 12.3. The Kier molecular flexibility index (Phi) is 7.92. The van der Waals surface area contributed by atoms with E-state index in [4.69, 9.17) is 14.6 Å².